The van der Waals surface area contributed by atoms with Gasteiger partial charge in [0, 0.05) is 19.3 Å². The lowest BCUT2D eigenvalue weighted by Crippen LogP contribution is -2.30. The van der Waals surface area contributed by atoms with E-state index in [1.54, 1.807) is 0 Å². The zero-order chi connectivity index (χ0) is 51.8. The smallest absolute Gasteiger partial charge is 0.306 e. The lowest BCUT2D eigenvalue weighted by molar-refractivity contribution is -0.167. The van der Waals surface area contributed by atoms with Gasteiger partial charge >= 0.3 is 17.9 Å². The molecule has 0 saturated carbocycles. The third kappa shape index (κ3) is 56.0. The molecular formula is C65H126O6. The Bertz CT molecular complexity index is 1090. The zero-order valence-corrected chi connectivity index (χ0v) is 48.9. The summed E-state index contributed by atoms with van der Waals surface area (Å²) in [6, 6.07) is 0. The molecule has 0 amide bonds. The molecule has 0 aliphatic heterocycles. The second-order valence-electron chi connectivity index (χ2n) is 22.9. The van der Waals surface area contributed by atoms with E-state index in [9.17, 15) is 14.4 Å². The van der Waals surface area contributed by atoms with Crippen molar-refractivity contribution in [1.29, 1.82) is 0 Å². The van der Waals surface area contributed by atoms with Gasteiger partial charge in [-0.1, -0.05) is 330 Å². The van der Waals surface area contributed by atoms with E-state index >= 15 is 0 Å². The number of hydrogen-bond donors (Lipinski definition) is 0. The minimum Gasteiger partial charge on any atom is -0.462 e. The van der Waals surface area contributed by atoms with Crippen LogP contribution in [0.5, 0.6) is 0 Å². The van der Waals surface area contributed by atoms with Crippen molar-refractivity contribution < 1.29 is 28.6 Å². The standard InChI is InChI=1S/C65H126O6/c1-6-9-10-11-12-13-14-15-16-17-18-23-26-29-32-35-42-47-52-57-65(68)71-62(59-70-64(67)56-51-46-41-37-36-39-44-49-54-61(5)8-3)58-69-63(66)55-50-45-40-34-31-28-25-22-20-19-21-24-27-30-33-38-43-48-53-60(4)7-2/h60-62H,6-59H2,1-5H3/t60?,61?,62-/m0/s1. The Kier molecular flexibility index (Phi) is 56.4. The SMILES string of the molecule is CCCCCCCCCCCCCCCCCCCCCC(=O)O[C@@H](COC(=O)CCCCCCCCCCCCCCCCCCCCC(C)CC)COC(=O)CCCCCCCCCCC(C)CC. The van der Waals surface area contributed by atoms with E-state index < -0.39 is 6.10 Å². The van der Waals surface area contributed by atoms with Gasteiger partial charge in [0.25, 0.3) is 0 Å². The Morgan fingerprint density at radius 3 is 0.732 bits per heavy atom. The van der Waals surface area contributed by atoms with Crippen molar-refractivity contribution in [1.82, 2.24) is 0 Å². The summed E-state index contributed by atoms with van der Waals surface area (Å²) in [5, 5.41) is 0. The van der Waals surface area contributed by atoms with E-state index in [0.29, 0.717) is 19.3 Å². The molecule has 0 rings (SSSR count). The predicted octanol–water partition coefficient (Wildman–Crippen LogP) is 21.6. The molecule has 0 aromatic rings. The lowest BCUT2D eigenvalue weighted by Gasteiger charge is -2.18. The zero-order valence-electron chi connectivity index (χ0n) is 48.9. The molecule has 0 aliphatic rings. The van der Waals surface area contributed by atoms with Gasteiger partial charge in [-0.15, -0.1) is 0 Å². The first-order chi connectivity index (χ1) is 34.8. The molecule has 3 atom stereocenters. The minimum absolute atomic E-state index is 0.0624. The van der Waals surface area contributed by atoms with E-state index in [2.05, 4.69) is 34.6 Å². The van der Waals surface area contributed by atoms with Crippen molar-refractivity contribution in [2.24, 2.45) is 11.8 Å². The maximum atomic E-state index is 12.9. The molecule has 0 N–H and O–H groups in total. The maximum Gasteiger partial charge on any atom is 0.306 e. The summed E-state index contributed by atoms with van der Waals surface area (Å²) in [5.74, 6) is 0.923. The first-order valence-electron chi connectivity index (χ1n) is 32.3. The van der Waals surface area contributed by atoms with Crippen molar-refractivity contribution in [2.75, 3.05) is 13.2 Å². The summed E-state index contributed by atoms with van der Waals surface area (Å²) in [6.07, 6.45) is 63.9. The van der Waals surface area contributed by atoms with Crippen molar-refractivity contribution >= 4 is 17.9 Å². The molecule has 0 saturated heterocycles. The van der Waals surface area contributed by atoms with Crippen LogP contribution in [0, 0.1) is 11.8 Å². The van der Waals surface area contributed by atoms with Gasteiger partial charge in [-0.3, -0.25) is 14.4 Å². The van der Waals surface area contributed by atoms with Gasteiger partial charge in [0.15, 0.2) is 6.10 Å². The molecule has 0 aromatic heterocycles. The van der Waals surface area contributed by atoms with Gasteiger partial charge in [0.2, 0.25) is 0 Å². The first kappa shape index (κ1) is 69.4. The highest BCUT2D eigenvalue weighted by atomic mass is 16.6. The fraction of sp³-hybridized carbons (Fsp3) is 0.954. The Morgan fingerprint density at radius 2 is 0.493 bits per heavy atom. The second-order valence-corrected chi connectivity index (χ2v) is 22.9. The van der Waals surface area contributed by atoms with Crippen molar-refractivity contribution in [3.63, 3.8) is 0 Å². The third-order valence-corrected chi connectivity index (χ3v) is 15.7. The highest BCUT2D eigenvalue weighted by Crippen LogP contribution is 2.20. The molecule has 0 heterocycles. The lowest BCUT2D eigenvalue weighted by atomic mass is 9.99. The molecule has 0 aliphatic carbocycles. The number of unbranched alkanes of at least 4 members (excludes halogenated alkanes) is 42. The van der Waals surface area contributed by atoms with Crippen LogP contribution < -0.4 is 0 Å². The van der Waals surface area contributed by atoms with Crippen molar-refractivity contribution in [2.45, 2.75) is 375 Å². The fourth-order valence-corrected chi connectivity index (χ4v) is 10.0. The molecule has 2 unspecified atom stereocenters. The molecule has 0 spiro atoms. The molecular weight excluding hydrogens is 877 g/mol. The summed E-state index contributed by atoms with van der Waals surface area (Å²) >= 11 is 0. The maximum absolute atomic E-state index is 12.9. The third-order valence-electron chi connectivity index (χ3n) is 15.7. The van der Waals surface area contributed by atoms with Crippen LogP contribution in [-0.4, -0.2) is 37.2 Å². The number of esters is 3. The highest BCUT2D eigenvalue weighted by Gasteiger charge is 2.19. The average molecular weight is 1000 g/mol. The monoisotopic (exact) mass is 1000 g/mol. The van der Waals surface area contributed by atoms with Crippen LogP contribution in [0.3, 0.4) is 0 Å². The largest absolute Gasteiger partial charge is 0.462 e. The fourth-order valence-electron chi connectivity index (χ4n) is 10.0. The van der Waals surface area contributed by atoms with Crippen LogP contribution >= 0.6 is 0 Å². The molecule has 6 nitrogen and oxygen atoms in total. The number of ether oxygens (including phenoxy) is 3. The van der Waals surface area contributed by atoms with Crippen molar-refractivity contribution in [3.05, 3.63) is 0 Å². The summed E-state index contributed by atoms with van der Waals surface area (Å²) in [5.41, 5.74) is 0. The van der Waals surface area contributed by atoms with Gasteiger partial charge in [0.05, 0.1) is 0 Å². The van der Waals surface area contributed by atoms with Gasteiger partial charge in [-0.05, 0) is 31.1 Å². The van der Waals surface area contributed by atoms with E-state index in [1.807, 2.05) is 0 Å². The molecule has 71 heavy (non-hydrogen) atoms. The normalized spacial score (nSPS) is 12.8. The quantitative estimate of drug-likeness (QED) is 0.0343. The predicted molar refractivity (Wildman–Crippen MR) is 307 cm³/mol. The number of carbonyl (C=O) groups excluding carboxylic acids is 3. The molecule has 6 heteroatoms. The van der Waals surface area contributed by atoms with Crippen LogP contribution in [0.2, 0.25) is 0 Å². The Morgan fingerprint density at radius 1 is 0.282 bits per heavy atom. The number of rotatable bonds is 59. The highest BCUT2D eigenvalue weighted by molar-refractivity contribution is 5.71. The second kappa shape index (κ2) is 57.7. The minimum atomic E-state index is -0.764. The first-order valence-corrected chi connectivity index (χ1v) is 32.3. The van der Waals surface area contributed by atoms with Crippen LogP contribution in [0.15, 0.2) is 0 Å². The van der Waals surface area contributed by atoms with E-state index in [1.165, 1.54) is 257 Å². The number of hydrogen-bond acceptors (Lipinski definition) is 6. The van der Waals surface area contributed by atoms with Crippen LogP contribution in [0.25, 0.3) is 0 Å². The van der Waals surface area contributed by atoms with E-state index in [-0.39, 0.29) is 31.1 Å². The molecule has 422 valence electrons. The van der Waals surface area contributed by atoms with E-state index in [4.69, 9.17) is 14.2 Å². The summed E-state index contributed by atoms with van der Waals surface area (Å²) in [6.45, 7) is 11.5. The van der Waals surface area contributed by atoms with Crippen molar-refractivity contribution in [3.8, 4) is 0 Å². The average Bonchev–Trinajstić information content (AvgIpc) is 3.37. The van der Waals surface area contributed by atoms with Crippen LogP contribution in [-0.2, 0) is 28.6 Å². The Labute approximate surface area is 444 Å². The molecule has 0 bridgehead atoms. The topological polar surface area (TPSA) is 78.9 Å². The molecule has 0 aromatic carbocycles. The van der Waals surface area contributed by atoms with E-state index in [0.717, 1.165) is 69.6 Å². The van der Waals surface area contributed by atoms with Crippen LogP contribution in [0.4, 0.5) is 0 Å². The Hall–Kier alpha value is -1.59. The van der Waals surface area contributed by atoms with Gasteiger partial charge < -0.3 is 14.2 Å². The molecule has 0 fully saturated rings. The van der Waals surface area contributed by atoms with Gasteiger partial charge in [0.1, 0.15) is 13.2 Å². The van der Waals surface area contributed by atoms with Crippen LogP contribution in [0.1, 0.15) is 369 Å². The summed E-state index contributed by atoms with van der Waals surface area (Å²) in [7, 11) is 0. The van der Waals surface area contributed by atoms with Gasteiger partial charge in [-0.25, -0.2) is 0 Å². The molecule has 0 radical (unpaired) electrons. The van der Waals surface area contributed by atoms with Gasteiger partial charge in [-0.2, -0.15) is 0 Å². The Balaban J connectivity index is 4.23. The number of carbonyl (C=O) groups is 3. The summed E-state index contributed by atoms with van der Waals surface area (Å²) in [4.78, 5) is 38.3. The summed E-state index contributed by atoms with van der Waals surface area (Å²) < 4.78 is 16.9.